The first-order chi connectivity index (χ1) is 14.0. The van der Waals surface area contributed by atoms with Gasteiger partial charge in [-0.05, 0) is 53.6 Å². The van der Waals surface area contributed by atoms with E-state index in [9.17, 15) is 4.79 Å². The number of benzene rings is 3. The van der Waals surface area contributed by atoms with E-state index in [4.69, 9.17) is 16.3 Å². The Morgan fingerprint density at radius 1 is 1.00 bits per heavy atom. The summed E-state index contributed by atoms with van der Waals surface area (Å²) in [6.07, 6.45) is 0. The van der Waals surface area contributed by atoms with Crippen LogP contribution in [0.5, 0.6) is 5.75 Å². The van der Waals surface area contributed by atoms with Gasteiger partial charge in [0.15, 0.2) is 0 Å². The predicted octanol–water partition coefficient (Wildman–Crippen LogP) is 5.77. The fourth-order valence-corrected chi connectivity index (χ4v) is 3.18. The number of ether oxygens (including phenoxy) is 1. The molecule has 3 rings (SSSR count). The molecule has 0 aliphatic rings. The van der Waals surface area contributed by atoms with E-state index in [1.54, 1.807) is 31.4 Å². The average Bonchev–Trinajstić information content (AvgIpc) is 2.72. The van der Waals surface area contributed by atoms with Crippen LogP contribution in [0.4, 0.5) is 5.69 Å². The second-order valence-corrected chi connectivity index (χ2v) is 7.54. The van der Waals surface area contributed by atoms with Crippen LogP contribution in [0.15, 0.2) is 66.7 Å². The van der Waals surface area contributed by atoms with Crippen LogP contribution < -0.4 is 15.4 Å². The Kier molecular flexibility index (Phi) is 6.91. The van der Waals surface area contributed by atoms with Crippen molar-refractivity contribution in [1.82, 2.24) is 5.32 Å². The van der Waals surface area contributed by atoms with E-state index >= 15 is 0 Å². The number of rotatable bonds is 7. The van der Waals surface area contributed by atoms with Gasteiger partial charge in [-0.25, -0.2) is 0 Å². The Labute approximate surface area is 176 Å². The highest BCUT2D eigenvalue weighted by atomic mass is 35.5. The highest BCUT2D eigenvalue weighted by molar-refractivity contribution is 6.31. The smallest absolute Gasteiger partial charge is 0.255 e. The van der Waals surface area contributed by atoms with Crippen molar-refractivity contribution in [2.45, 2.75) is 26.4 Å². The molecule has 29 heavy (non-hydrogen) atoms. The van der Waals surface area contributed by atoms with Gasteiger partial charge in [0.2, 0.25) is 0 Å². The molecule has 0 aliphatic carbocycles. The van der Waals surface area contributed by atoms with Crippen LogP contribution in [0, 0.1) is 0 Å². The lowest BCUT2D eigenvalue weighted by atomic mass is 10.0. The molecular formula is C24H25ClN2O2. The maximum atomic E-state index is 12.4. The fraction of sp³-hybridized carbons (Fsp3) is 0.208. The molecule has 0 saturated heterocycles. The summed E-state index contributed by atoms with van der Waals surface area (Å²) in [5.41, 5.74) is 4.53. The van der Waals surface area contributed by atoms with Crippen molar-refractivity contribution in [3.63, 3.8) is 0 Å². The van der Waals surface area contributed by atoms with E-state index in [0.29, 0.717) is 16.6 Å². The van der Waals surface area contributed by atoms with Crippen molar-refractivity contribution < 1.29 is 9.53 Å². The van der Waals surface area contributed by atoms with Crippen LogP contribution in [-0.4, -0.2) is 19.1 Å². The number of amides is 1. The lowest BCUT2D eigenvalue weighted by Crippen LogP contribution is -2.22. The highest BCUT2D eigenvalue weighted by Gasteiger charge is 2.09. The van der Waals surface area contributed by atoms with Gasteiger partial charge in [-0.2, -0.15) is 0 Å². The minimum atomic E-state index is -0.188. The van der Waals surface area contributed by atoms with E-state index in [1.807, 2.05) is 36.4 Å². The van der Waals surface area contributed by atoms with E-state index < -0.39 is 0 Å². The van der Waals surface area contributed by atoms with Crippen LogP contribution in [-0.2, 0) is 6.54 Å². The van der Waals surface area contributed by atoms with E-state index in [0.717, 1.165) is 34.7 Å². The molecule has 3 aromatic carbocycles. The van der Waals surface area contributed by atoms with E-state index in [2.05, 4.69) is 30.5 Å². The zero-order valence-electron chi connectivity index (χ0n) is 16.8. The van der Waals surface area contributed by atoms with Gasteiger partial charge in [0.05, 0.1) is 7.11 Å². The number of halogens is 1. The Morgan fingerprint density at radius 3 is 2.38 bits per heavy atom. The summed E-state index contributed by atoms with van der Waals surface area (Å²) in [5.74, 6) is 0.680. The van der Waals surface area contributed by atoms with E-state index in [1.165, 1.54) is 0 Å². The minimum Gasteiger partial charge on any atom is -0.496 e. The van der Waals surface area contributed by atoms with Crippen LogP contribution in [0.1, 0.15) is 29.8 Å². The van der Waals surface area contributed by atoms with Crippen molar-refractivity contribution >= 4 is 23.2 Å². The van der Waals surface area contributed by atoms with Gasteiger partial charge in [0, 0.05) is 34.4 Å². The quantitative estimate of drug-likeness (QED) is 0.522. The van der Waals surface area contributed by atoms with Crippen LogP contribution in [0.2, 0.25) is 5.02 Å². The maximum Gasteiger partial charge on any atom is 0.255 e. The third kappa shape index (κ3) is 5.59. The van der Waals surface area contributed by atoms with Crippen LogP contribution in [0.3, 0.4) is 0 Å². The summed E-state index contributed by atoms with van der Waals surface area (Å²) in [6.45, 7) is 4.97. The molecule has 0 radical (unpaired) electrons. The molecule has 3 aromatic rings. The molecule has 0 bridgehead atoms. The number of hydrogen-bond donors (Lipinski definition) is 2. The number of carbonyl (C=O) groups is 1. The standard InChI is InChI=1S/C24H25ClN2O2/c1-16(2)26-15-20-13-18(9-12-23(20)29-3)17-7-10-22(11-8-17)27-24(28)19-5-4-6-21(25)14-19/h4-14,16,26H,15H2,1-3H3,(H,27,28). The first kappa shape index (κ1) is 20.9. The SMILES string of the molecule is COc1ccc(-c2ccc(NC(=O)c3cccc(Cl)c3)cc2)cc1CNC(C)C. The van der Waals surface area contributed by atoms with Gasteiger partial charge in [0.1, 0.15) is 5.75 Å². The lowest BCUT2D eigenvalue weighted by Gasteiger charge is -2.14. The Bertz CT molecular complexity index is 984. The van der Waals surface area contributed by atoms with Gasteiger partial charge in [-0.3, -0.25) is 4.79 Å². The average molecular weight is 409 g/mol. The highest BCUT2D eigenvalue weighted by Crippen LogP contribution is 2.28. The normalized spacial score (nSPS) is 10.8. The minimum absolute atomic E-state index is 0.188. The lowest BCUT2D eigenvalue weighted by molar-refractivity contribution is 0.102. The van der Waals surface area contributed by atoms with Crippen molar-refractivity contribution in [3.8, 4) is 16.9 Å². The number of hydrogen-bond acceptors (Lipinski definition) is 3. The molecule has 0 atom stereocenters. The molecule has 0 spiro atoms. The molecule has 5 heteroatoms. The zero-order chi connectivity index (χ0) is 20.8. The van der Waals surface area contributed by atoms with Gasteiger partial charge < -0.3 is 15.4 Å². The first-order valence-corrected chi connectivity index (χ1v) is 9.91. The Hall–Kier alpha value is -2.82. The molecule has 4 nitrogen and oxygen atoms in total. The second-order valence-electron chi connectivity index (χ2n) is 7.10. The molecule has 0 saturated carbocycles. The first-order valence-electron chi connectivity index (χ1n) is 9.54. The summed E-state index contributed by atoms with van der Waals surface area (Å²) >= 11 is 5.96. The summed E-state index contributed by atoms with van der Waals surface area (Å²) in [6, 6.07) is 21.2. The third-order valence-corrected chi connectivity index (χ3v) is 4.78. The Morgan fingerprint density at radius 2 is 1.72 bits per heavy atom. The monoisotopic (exact) mass is 408 g/mol. The zero-order valence-corrected chi connectivity index (χ0v) is 17.6. The number of anilines is 1. The molecule has 0 heterocycles. The predicted molar refractivity (Wildman–Crippen MR) is 120 cm³/mol. The van der Waals surface area contributed by atoms with Crippen LogP contribution >= 0.6 is 11.6 Å². The maximum absolute atomic E-state index is 12.4. The van der Waals surface area contributed by atoms with E-state index in [-0.39, 0.29) is 5.91 Å². The molecule has 0 unspecified atom stereocenters. The molecular weight excluding hydrogens is 384 g/mol. The van der Waals surface area contributed by atoms with Crippen molar-refractivity contribution in [3.05, 3.63) is 82.9 Å². The number of nitrogens with one attached hydrogen (secondary N) is 2. The molecule has 0 aliphatic heterocycles. The van der Waals surface area contributed by atoms with Crippen molar-refractivity contribution in [2.75, 3.05) is 12.4 Å². The fourth-order valence-electron chi connectivity index (χ4n) is 2.99. The molecule has 2 N–H and O–H groups in total. The number of carbonyl (C=O) groups excluding carboxylic acids is 1. The van der Waals surface area contributed by atoms with Crippen LogP contribution in [0.25, 0.3) is 11.1 Å². The topological polar surface area (TPSA) is 50.4 Å². The summed E-state index contributed by atoms with van der Waals surface area (Å²) in [5, 5.41) is 6.86. The third-order valence-electron chi connectivity index (χ3n) is 4.54. The van der Waals surface area contributed by atoms with Crippen molar-refractivity contribution in [1.29, 1.82) is 0 Å². The van der Waals surface area contributed by atoms with Gasteiger partial charge in [-0.1, -0.05) is 49.7 Å². The summed E-state index contributed by atoms with van der Waals surface area (Å²) in [4.78, 5) is 12.4. The van der Waals surface area contributed by atoms with Gasteiger partial charge in [0.25, 0.3) is 5.91 Å². The molecule has 0 fully saturated rings. The van der Waals surface area contributed by atoms with Crippen molar-refractivity contribution in [2.24, 2.45) is 0 Å². The summed E-state index contributed by atoms with van der Waals surface area (Å²) < 4.78 is 5.48. The van der Waals surface area contributed by atoms with Gasteiger partial charge in [-0.15, -0.1) is 0 Å². The molecule has 1 amide bonds. The Balaban J connectivity index is 1.75. The molecule has 150 valence electrons. The largest absolute Gasteiger partial charge is 0.496 e. The molecule has 0 aromatic heterocycles. The van der Waals surface area contributed by atoms with Gasteiger partial charge >= 0.3 is 0 Å². The number of methoxy groups -OCH3 is 1. The second kappa shape index (κ2) is 9.59. The summed E-state index contributed by atoms with van der Waals surface area (Å²) in [7, 11) is 1.69.